The van der Waals surface area contributed by atoms with Gasteiger partial charge in [-0.05, 0) is 31.7 Å². The lowest BCUT2D eigenvalue weighted by molar-refractivity contribution is 0.0909. The molecule has 5 nitrogen and oxygen atoms in total. The minimum Gasteiger partial charge on any atom is -0.497 e. The van der Waals surface area contributed by atoms with Crippen LogP contribution in [0.25, 0.3) is 0 Å². The molecule has 1 unspecified atom stereocenters. The van der Waals surface area contributed by atoms with Crippen LogP contribution in [0.5, 0.6) is 11.5 Å². The zero-order valence-electron chi connectivity index (χ0n) is 12.2. The number of hydrogen-bond acceptors (Lipinski definition) is 4. The third-order valence-electron chi connectivity index (χ3n) is 4.03. The topological polar surface area (TPSA) is 73.6 Å². The summed E-state index contributed by atoms with van der Waals surface area (Å²) in [6.07, 6.45) is 3.61. The number of nitrogens with one attached hydrogen (secondary N) is 1. The first-order valence-corrected chi connectivity index (χ1v) is 6.89. The lowest BCUT2D eigenvalue weighted by Crippen LogP contribution is -2.40. The first-order valence-electron chi connectivity index (χ1n) is 6.89. The maximum Gasteiger partial charge on any atom is 0.253 e. The van der Waals surface area contributed by atoms with E-state index < -0.39 is 0 Å². The van der Waals surface area contributed by atoms with E-state index in [0.29, 0.717) is 28.7 Å². The molecule has 2 rings (SSSR count). The fourth-order valence-corrected chi connectivity index (χ4v) is 2.42. The molecular formula is C15H22N2O3. The van der Waals surface area contributed by atoms with Crippen LogP contribution < -0.4 is 20.5 Å². The number of anilines is 1. The zero-order valence-corrected chi connectivity index (χ0v) is 12.2. The predicted molar refractivity (Wildman–Crippen MR) is 78.2 cm³/mol. The number of amides is 1. The van der Waals surface area contributed by atoms with Crippen LogP contribution in [-0.4, -0.2) is 26.2 Å². The maximum atomic E-state index is 12.4. The molecule has 1 aliphatic carbocycles. The van der Waals surface area contributed by atoms with Gasteiger partial charge in [-0.3, -0.25) is 4.79 Å². The van der Waals surface area contributed by atoms with Crippen molar-refractivity contribution in [2.24, 2.45) is 5.92 Å². The Labute approximate surface area is 119 Å². The molecule has 1 atom stereocenters. The summed E-state index contributed by atoms with van der Waals surface area (Å²) < 4.78 is 10.3. The van der Waals surface area contributed by atoms with E-state index in [4.69, 9.17) is 15.2 Å². The van der Waals surface area contributed by atoms with Gasteiger partial charge in [0.25, 0.3) is 5.91 Å². The van der Waals surface area contributed by atoms with Crippen LogP contribution >= 0.6 is 0 Å². The van der Waals surface area contributed by atoms with E-state index in [2.05, 4.69) is 5.32 Å². The Bertz CT molecular complexity index is 498. The molecule has 0 aliphatic heterocycles. The molecule has 1 aromatic carbocycles. The van der Waals surface area contributed by atoms with Crippen molar-refractivity contribution >= 4 is 11.6 Å². The average Bonchev–Trinajstić information content (AvgIpc) is 2.36. The van der Waals surface area contributed by atoms with Crippen LogP contribution in [0.3, 0.4) is 0 Å². The minimum absolute atomic E-state index is 0.160. The van der Waals surface area contributed by atoms with Gasteiger partial charge in [-0.1, -0.05) is 6.42 Å². The average molecular weight is 278 g/mol. The molecule has 1 saturated carbocycles. The molecule has 0 heterocycles. The first kappa shape index (κ1) is 14.5. The molecule has 110 valence electrons. The molecule has 0 aromatic heterocycles. The molecule has 1 aromatic rings. The lowest BCUT2D eigenvalue weighted by atomic mass is 9.80. The van der Waals surface area contributed by atoms with E-state index in [1.54, 1.807) is 19.2 Å². The molecule has 0 spiro atoms. The van der Waals surface area contributed by atoms with Crippen LogP contribution in [0.4, 0.5) is 5.69 Å². The van der Waals surface area contributed by atoms with Crippen molar-refractivity contribution in [3.63, 3.8) is 0 Å². The second kappa shape index (κ2) is 6.03. The van der Waals surface area contributed by atoms with Crippen molar-refractivity contribution in [2.75, 3.05) is 20.0 Å². The molecule has 0 saturated heterocycles. The van der Waals surface area contributed by atoms with Gasteiger partial charge < -0.3 is 20.5 Å². The summed E-state index contributed by atoms with van der Waals surface area (Å²) >= 11 is 0. The summed E-state index contributed by atoms with van der Waals surface area (Å²) in [5.74, 6) is 1.40. The summed E-state index contributed by atoms with van der Waals surface area (Å²) in [5.41, 5.74) is 6.71. The second-order valence-electron chi connectivity index (χ2n) is 5.24. The third-order valence-corrected chi connectivity index (χ3v) is 4.03. The van der Waals surface area contributed by atoms with Gasteiger partial charge in [0.2, 0.25) is 0 Å². The Hall–Kier alpha value is -1.91. The van der Waals surface area contributed by atoms with Gasteiger partial charge in [-0.2, -0.15) is 0 Å². The van der Waals surface area contributed by atoms with Crippen molar-refractivity contribution in [3.05, 3.63) is 17.7 Å². The summed E-state index contributed by atoms with van der Waals surface area (Å²) in [6.45, 7) is 2.04. The minimum atomic E-state index is -0.181. The van der Waals surface area contributed by atoms with E-state index in [9.17, 15) is 4.79 Å². The van der Waals surface area contributed by atoms with Gasteiger partial charge >= 0.3 is 0 Å². The summed E-state index contributed by atoms with van der Waals surface area (Å²) in [7, 11) is 3.06. The Morgan fingerprint density at radius 1 is 1.35 bits per heavy atom. The number of nitrogens with two attached hydrogens (primary N) is 1. The zero-order chi connectivity index (χ0) is 14.7. The van der Waals surface area contributed by atoms with Crippen LogP contribution in [-0.2, 0) is 0 Å². The second-order valence-corrected chi connectivity index (χ2v) is 5.24. The molecular weight excluding hydrogens is 256 g/mol. The number of hydrogen-bond donors (Lipinski definition) is 2. The highest BCUT2D eigenvalue weighted by Gasteiger charge is 2.26. The maximum absolute atomic E-state index is 12.4. The van der Waals surface area contributed by atoms with Crippen LogP contribution in [0.1, 0.15) is 36.5 Å². The number of ether oxygens (including phenoxy) is 2. The summed E-state index contributed by atoms with van der Waals surface area (Å²) in [5, 5.41) is 3.01. The van der Waals surface area contributed by atoms with Crippen LogP contribution in [0.2, 0.25) is 0 Å². The number of rotatable bonds is 5. The quantitative estimate of drug-likeness (QED) is 0.810. The standard InChI is InChI=1S/C15H22N2O3/c1-9(10-5-4-6-10)17-15(18)12-7-11(19-2)8-13(20-3)14(12)16/h7-10H,4-6,16H2,1-3H3,(H,17,18). The lowest BCUT2D eigenvalue weighted by Gasteiger charge is -2.32. The van der Waals surface area contributed by atoms with E-state index in [1.807, 2.05) is 6.92 Å². The number of methoxy groups -OCH3 is 2. The van der Waals surface area contributed by atoms with Crippen molar-refractivity contribution in [3.8, 4) is 11.5 Å². The van der Waals surface area contributed by atoms with Crippen molar-refractivity contribution in [1.29, 1.82) is 0 Å². The normalized spacial score (nSPS) is 16.1. The van der Waals surface area contributed by atoms with Gasteiger partial charge in [-0.15, -0.1) is 0 Å². The molecule has 0 bridgehead atoms. The Morgan fingerprint density at radius 3 is 2.55 bits per heavy atom. The summed E-state index contributed by atoms with van der Waals surface area (Å²) in [6, 6.07) is 3.47. The molecule has 5 heteroatoms. The van der Waals surface area contributed by atoms with Crippen molar-refractivity contribution in [1.82, 2.24) is 5.32 Å². The highest BCUT2D eigenvalue weighted by molar-refractivity contribution is 6.01. The van der Waals surface area contributed by atoms with Gasteiger partial charge in [0.05, 0.1) is 25.5 Å². The monoisotopic (exact) mass is 278 g/mol. The van der Waals surface area contributed by atoms with Crippen molar-refractivity contribution < 1.29 is 14.3 Å². The van der Waals surface area contributed by atoms with E-state index in [-0.39, 0.29) is 11.9 Å². The molecule has 0 radical (unpaired) electrons. The predicted octanol–water partition coefficient (Wildman–Crippen LogP) is 2.20. The number of nitrogen functional groups attached to an aromatic ring is 1. The molecule has 1 amide bonds. The third kappa shape index (κ3) is 2.81. The van der Waals surface area contributed by atoms with Crippen LogP contribution in [0, 0.1) is 5.92 Å². The Morgan fingerprint density at radius 2 is 2.05 bits per heavy atom. The summed E-state index contributed by atoms with van der Waals surface area (Å²) in [4.78, 5) is 12.4. The molecule has 1 fully saturated rings. The van der Waals surface area contributed by atoms with Crippen molar-refractivity contribution in [2.45, 2.75) is 32.2 Å². The first-order chi connectivity index (χ1) is 9.56. The number of carbonyl (C=O) groups excluding carboxylic acids is 1. The van der Waals surface area contributed by atoms with Crippen LogP contribution in [0.15, 0.2) is 12.1 Å². The van der Waals surface area contributed by atoms with E-state index >= 15 is 0 Å². The number of carbonyl (C=O) groups is 1. The van der Waals surface area contributed by atoms with Gasteiger partial charge in [0.15, 0.2) is 0 Å². The fourth-order valence-electron chi connectivity index (χ4n) is 2.42. The van der Waals surface area contributed by atoms with E-state index in [1.165, 1.54) is 26.4 Å². The Balaban J connectivity index is 2.19. The van der Waals surface area contributed by atoms with Gasteiger partial charge in [0, 0.05) is 12.1 Å². The SMILES string of the molecule is COc1cc(OC)c(N)c(C(=O)NC(C)C2CCC2)c1. The highest BCUT2D eigenvalue weighted by atomic mass is 16.5. The van der Waals surface area contributed by atoms with Gasteiger partial charge in [-0.25, -0.2) is 0 Å². The molecule has 1 aliphatic rings. The Kier molecular flexibility index (Phi) is 4.37. The van der Waals surface area contributed by atoms with E-state index in [0.717, 1.165) is 0 Å². The molecule has 3 N–H and O–H groups in total. The smallest absolute Gasteiger partial charge is 0.253 e. The largest absolute Gasteiger partial charge is 0.497 e. The highest BCUT2D eigenvalue weighted by Crippen LogP contribution is 2.32. The fraction of sp³-hybridized carbons (Fsp3) is 0.533. The van der Waals surface area contributed by atoms with Gasteiger partial charge in [0.1, 0.15) is 11.5 Å². The molecule has 20 heavy (non-hydrogen) atoms. The number of benzene rings is 1.